The van der Waals surface area contributed by atoms with E-state index in [9.17, 15) is 4.79 Å². The van der Waals surface area contributed by atoms with Gasteiger partial charge in [-0.3, -0.25) is 4.79 Å². The summed E-state index contributed by atoms with van der Waals surface area (Å²) in [5, 5.41) is 0. The summed E-state index contributed by atoms with van der Waals surface area (Å²) in [7, 11) is 0. The van der Waals surface area contributed by atoms with Crippen molar-refractivity contribution in [3.63, 3.8) is 0 Å². The molecule has 2 heteroatoms. The Morgan fingerprint density at radius 3 is 2.30 bits per heavy atom. The number of amides is 1. The molecule has 0 saturated carbocycles. The molecule has 57 valence electrons. The normalized spacial score (nSPS) is 9.60. The van der Waals surface area contributed by atoms with E-state index in [0.717, 1.165) is 0 Å². The second-order valence-corrected chi connectivity index (χ2v) is 2.33. The zero-order valence-electron chi connectivity index (χ0n) is 6.63. The maximum atomic E-state index is 11.0. The maximum Gasteiger partial charge on any atom is 0.246 e. The van der Waals surface area contributed by atoms with Crippen molar-refractivity contribution in [3.8, 4) is 0 Å². The van der Waals surface area contributed by atoms with Crippen LogP contribution in [0.3, 0.4) is 0 Å². The van der Waals surface area contributed by atoms with E-state index in [0.29, 0.717) is 6.54 Å². The van der Waals surface area contributed by atoms with Gasteiger partial charge in [-0.15, -0.1) is 0 Å². The molecule has 0 heterocycles. The summed E-state index contributed by atoms with van der Waals surface area (Å²) in [6.45, 7) is 11.4. The van der Waals surface area contributed by atoms with Crippen LogP contribution < -0.4 is 0 Å². The van der Waals surface area contributed by atoms with E-state index in [2.05, 4.69) is 13.5 Å². The molecule has 0 fully saturated rings. The molecule has 0 aliphatic carbocycles. The molecule has 1 amide bonds. The van der Waals surface area contributed by atoms with Gasteiger partial charge < -0.3 is 4.90 Å². The number of carbonyl (C=O) groups excluding carboxylic acids is 1. The van der Waals surface area contributed by atoms with Crippen LogP contribution in [0.2, 0.25) is 0 Å². The average molecular weight is 140 g/mol. The minimum absolute atomic E-state index is 0.0509. The van der Waals surface area contributed by atoms with Crippen molar-refractivity contribution in [3.05, 3.63) is 19.6 Å². The highest BCUT2D eigenvalue weighted by molar-refractivity contribution is 5.87. The van der Waals surface area contributed by atoms with Crippen LogP contribution in [-0.2, 0) is 4.79 Å². The van der Waals surface area contributed by atoms with Crippen LogP contribution in [0, 0.1) is 6.92 Å². The molecule has 0 aromatic rings. The molecule has 0 N–H and O–H groups in total. The highest BCUT2D eigenvalue weighted by Crippen LogP contribution is 1.97. The number of hydrogen-bond acceptors (Lipinski definition) is 1. The van der Waals surface area contributed by atoms with Crippen molar-refractivity contribution in [2.75, 3.05) is 6.54 Å². The molecular weight excluding hydrogens is 126 g/mol. The SMILES string of the molecule is [CH2]CN(C(=O)C=C)C(C)C. The lowest BCUT2D eigenvalue weighted by molar-refractivity contribution is -0.127. The molecule has 0 aliphatic rings. The van der Waals surface area contributed by atoms with Gasteiger partial charge in [-0.2, -0.15) is 0 Å². The Balaban J connectivity index is 4.06. The second kappa shape index (κ2) is 4.09. The molecule has 10 heavy (non-hydrogen) atoms. The lowest BCUT2D eigenvalue weighted by atomic mass is 10.3. The molecule has 0 spiro atoms. The number of nitrogens with zero attached hydrogens (tertiary/aromatic N) is 1. The van der Waals surface area contributed by atoms with Crippen molar-refractivity contribution < 1.29 is 4.79 Å². The molecule has 0 unspecified atom stereocenters. The van der Waals surface area contributed by atoms with Gasteiger partial charge in [0, 0.05) is 12.6 Å². The second-order valence-electron chi connectivity index (χ2n) is 2.33. The first-order valence-electron chi connectivity index (χ1n) is 3.35. The molecule has 0 bridgehead atoms. The molecule has 1 radical (unpaired) electrons. The molecule has 2 nitrogen and oxygen atoms in total. The molecule has 0 rings (SSSR count). The standard InChI is InChI=1S/C8H14NO/c1-5-8(10)9(6-2)7(3)4/h5,7H,1-2,6H2,3-4H3. The fraction of sp³-hybridized carbons (Fsp3) is 0.500. The van der Waals surface area contributed by atoms with Crippen LogP contribution in [0.25, 0.3) is 0 Å². The van der Waals surface area contributed by atoms with Gasteiger partial charge >= 0.3 is 0 Å². The van der Waals surface area contributed by atoms with Gasteiger partial charge in [0.05, 0.1) is 0 Å². The minimum Gasteiger partial charge on any atom is -0.337 e. The highest BCUT2D eigenvalue weighted by Gasteiger charge is 2.09. The Morgan fingerprint density at radius 2 is 2.20 bits per heavy atom. The van der Waals surface area contributed by atoms with Crippen molar-refractivity contribution in [1.29, 1.82) is 0 Å². The number of rotatable bonds is 3. The van der Waals surface area contributed by atoms with Crippen molar-refractivity contribution >= 4 is 5.91 Å². The summed E-state index contributed by atoms with van der Waals surface area (Å²) in [5.74, 6) is -0.0509. The number of hydrogen-bond donors (Lipinski definition) is 0. The van der Waals surface area contributed by atoms with Gasteiger partial charge in [-0.1, -0.05) is 6.58 Å². The van der Waals surface area contributed by atoms with Gasteiger partial charge in [-0.25, -0.2) is 0 Å². The molecule has 0 aromatic heterocycles. The summed E-state index contributed by atoms with van der Waals surface area (Å²) in [6, 6.07) is 0.211. The van der Waals surface area contributed by atoms with Crippen molar-refractivity contribution in [2.45, 2.75) is 19.9 Å². The third kappa shape index (κ3) is 2.21. The topological polar surface area (TPSA) is 20.3 Å². The first-order valence-corrected chi connectivity index (χ1v) is 3.35. The lowest BCUT2D eigenvalue weighted by Gasteiger charge is -2.23. The van der Waals surface area contributed by atoms with Crippen LogP contribution in [0.1, 0.15) is 13.8 Å². The summed E-state index contributed by atoms with van der Waals surface area (Å²) in [6.07, 6.45) is 1.31. The molecular formula is C8H14NO. The summed E-state index contributed by atoms with van der Waals surface area (Å²) < 4.78 is 0. The van der Waals surface area contributed by atoms with Crippen LogP contribution in [0.4, 0.5) is 0 Å². The first-order chi connectivity index (χ1) is 4.63. The predicted molar refractivity (Wildman–Crippen MR) is 42.4 cm³/mol. The van der Waals surface area contributed by atoms with Gasteiger partial charge in [-0.05, 0) is 26.8 Å². The third-order valence-electron chi connectivity index (χ3n) is 1.32. The Morgan fingerprint density at radius 1 is 1.70 bits per heavy atom. The molecule has 0 aliphatic heterocycles. The summed E-state index contributed by atoms with van der Waals surface area (Å²) in [5.41, 5.74) is 0. The van der Waals surface area contributed by atoms with E-state index in [1.54, 1.807) is 4.90 Å². The zero-order chi connectivity index (χ0) is 8.15. The van der Waals surface area contributed by atoms with E-state index >= 15 is 0 Å². The quantitative estimate of drug-likeness (QED) is 0.540. The zero-order valence-corrected chi connectivity index (χ0v) is 6.63. The van der Waals surface area contributed by atoms with Crippen molar-refractivity contribution in [1.82, 2.24) is 4.90 Å². The smallest absolute Gasteiger partial charge is 0.246 e. The molecule has 0 aromatic carbocycles. The monoisotopic (exact) mass is 140 g/mol. The minimum atomic E-state index is -0.0509. The van der Waals surface area contributed by atoms with Gasteiger partial charge in [0.15, 0.2) is 0 Å². The van der Waals surface area contributed by atoms with Gasteiger partial charge in [0.1, 0.15) is 0 Å². The lowest BCUT2D eigenvalue weighted by Crippen LogP contribution is -2.35. The van der Waals surface area contributed by atoms with E-state index < -0.39 is 0 Å². The van der Waals surface area contributed by atoms with Crippen LogP contribution in [-0.4, -0.2) is 23.4 Å². The predicted octanol–water partition coefficient (Wildman–Crippen LogP) is 1.24. The van der Waals surface area contributed by atoms with Crippen LogP contribution in [0.15, 0.2) is 12.7 Å². The Kier molecular flexibility index (Phi) is 3.77. The fourth-order valence-corrected chi connectivity index (χ4v) is 0.740. The summed E-state index contributed by atoms with van der Waals surface area (Å²) >= 11 is 0. The van der Waals surface area contributed by atoms with Crippen LogP contribution >= 0.6 is 0 Å². The van der Waals surface area contributed by atoms with Crippen LogP contribution in [0.5, 0.6) is 0 Å². The van der Waals surface area contributed by atoms with Gasteiger partial charge in [0.25, 0.3) is 0 Å². The van der Waals surface area contributed by atoms with Crippen molar-refractivity contribution in [2.24, 2.45) is 0 Å². The van der Waals surface area contributed by atoms with E-state index in [4.69, 9.17) is 0 Å². The Labute approximate surface area is 62.5 Å². The van der Waals surface area contributed by atoms with E-state index in [1.165, 1.54) is 6.08 Å². The van der Waals surface area contributed by atoms with E-state index in [1.807, 2.05) is 13.8 Å². The first kappa shape index (κ1) is 9.21. The summed E-state index contributed by atoms with van der Waals surface area (Å²) in [4.78, 5) is 12.6. The fourth-order valence-electron chi connectivity index (χ4n) is 0.740. The molecule has 0 atom stereocenters. The Hall–Kier alpha value is -0.790. The highest BCUT2D eigenvalue weighted by atomic mass is 16.2. The van der Waals surface area contributed by atoms with Gasteiger partial charge in [0.2, 0.25) is 5.91 Å². The van der Waals surface area contributed by atoms with E-state index in [-0.39, 0.29) is 11.9 Å². The average Bonchev–Trinajstić information content (AvgIpc) is 1.88. The maximum absolute atomic E-state index is 11.0. The third-order valence-corrected chi connectivity index (χ3v) is 1.32. The number of carbonyl (C=O) groups is 1. The Bertz CT molecular complexity index is 129. The molecule has 0 saturated heterocycles. The largest absolute Gasteiger partial charge is 0.337 e.